The van der Waals surface area contributed by atoms with Crippen LogP contribution in [0.1, 0.15) is 56.9 Å². The van der Waals surface area contributed by atoms with Crippen molar-refractivity contribution in [2.45, 2.75) is 45.2 Å². The largest absolute Gasteiger partial charge is 0.381 e. The standard InChI is InChI=1S/C22H26N4O4S/c1-13-4-5-18(31-13)22(29)25-9-6-16-15(11-25)20(27)24-19(23-16)17-3-2-8-26(17)21(28)14-7-10-30-12-14/h4-5,14,17H,2-3,6-12H2,1H3,(H,23,24,27). The number of hydrogen-bond acceptors (Lipinski definition) is 6. The fraction of sp³-hybridized carbons (Fsp3) is 0.545. The van der Waals surface area contributed by atoms with E-state index in [0.29, 0.717) is 49.0 Å². The number of ether oxygens (including phenoxy) is 1. The number of fused-ring (bicyclic) bond motifs is 1. The number of thiophene rings is 1. The first-order chi connectivity index (χ1) is 15.0. The van der Waals surface area contributed by atoms with Gasteiger partial charge >= 0.3 is 0 Å². The monoisotopic (exact) mass is 442 g/mol. The van der Waals surface area contributed by atoms with Crippen molar-refractivity contribution in [1.82, 2.24) is 19.8 Å². The van der Waals surface area contributed by atoms with Crippen molar-refractivity contribution in [2.75, 3.05) is 26.3 Å². The smallest absolute Gasteiger partial charge is 0.264 e. The topological polar surface area (TPSA) is 95.6 Å². The Hall–Kier alpha value is -2.52. The van der Waals surface area contributed by atoms with Gasteiger partial charge in [0.05, 0.1) is 41.2 Å². The molecule has 2 saturated heterocycles. The number of H-pyrrole nitrogens is 1. The van der Waals surface area contributed by atoms with E-state index in [1.807, 2.05) is 24.0 Å². The number of hydrogen-bond donors (Lipinski definition) is 1. The molecule has 0 bridgehead atoms. The fourth-order valence-electron chi connectivity index (χ4n) is 4.76. The number of aromatic amines is 1. The van der Waals surface area contributed by atoms with Crippen molar-refractivity contribution in [2.24, 2.45) is 5.92 Å². The molecule has 0 radical (unpaired) electrons. The highest BCUT2D eigenvalue weighted by atomic mass is 32.1. The van der Waals surface area contributed by atoms with Gasteiger partial charge in [-0.2, -0.15) is 0 Å². The van der Waals surface area contributed by atoms with E-state index in [0.717, 1.165) is 29.8 Å². The average molecular weight is 443 g/mol. The number of aryl methyl sites for hydroxylation is 1. The summed E-state index contributed by atoms with van der Waals surface area (Å²) >= 11 is 1.47. The summed E-state index contributed by atoms with van der Waals surface area (Å²) in [7, 11) is 0. The van der Waals surface area contributed by atoms with Crippen LogP contribution in [0.5, 0.6) is 0 Å². The molecule has 2 atom stereocenters. The molecule has 2 unspecified atom stereocenters. The Kier molecular flexibility index (Phi) is 5.39. The molecule has 0 saturated carbocycles. The maximum Gasteiger partial charge on any atom is 0.264 e. The van der Waals surface area contributed by atoms with Crippen LogP contribution >= 0.6 is 11.3 Å². The summed E-state index contributed by atoms with van der Waals surface area (Å²) in [5, 5.41) is 0. The SMILES string of the molecule is Cc1ccc(C(=O)N2CCc3nc(C4CCCN4C(=O)C4CCOC4)[nH]c(=O)c3C2)s1. The fourth-order valence-corrected chi connectivity index (χ4v) is 5.59. The summed E-state index contributed by atoms with van der Waals surface area (Å²) in [4.78, 5) is 51.7. The van der Waals surface area contributed by atoms with E-state index in [-0.39, 0.29) is 35.9 Å². The third-order valence-electron chi connectivity index (χ3n) is 6.46. The molecule has 2 aromatic heterocycles. The minimum atomic E-state index is -0.205. The second-order valence-electron chi connectivity index (χ2n) is 8.51. The number of nitrogens with one attached hydrogen (secondary N) is 1. The maximum absolute atomic E-state index is 12.9. The van der Waals surface area contributed by atoms with Gasteiger partial charge in [-0.1, -0.05) is 0 Å². The minimum Gasteiger partial charge on any atom is -0.381 e. The number of aromatic nitrogens is 2. The van der Waals surface area contributed by atoms with Gasteiger partial charge in [-0.15, -0.1) is 11.3 Å². The molecule has 9 heteroatoms. The zero-order valence-corrected chi connectivity index (χ0v) is 18.4. The van der Waals surface area contributed by atoms with Gasteiger partial charge in [0.15, 0.2) is 0 Å². The maximum atomic E-state index is 12.9. The molecule has 1 N–H and O–H groups in total. The van der Waals surface area contributed by atoms with Gasteiger partial charge < -0.3 is 19.5 Å². The lowest BCUT2D eigenvalue weighted by molar-refractivity contribution is -0.136. The van der Waals surface area contributed by atoms with E-state index in [1.54, 1.807) is 4.90 Å². The Balaban J connectivity index is 1.37. The number of carbonyl (C=O) groups is 2. The molecule has 5 heterocycles. The molecule has 3 aliphatic rings. The predicted molar refractivity (Wildman–Crippen MR) is 115 cm³/mol. The van der Waals surface area contributed by atoms with Crippen LogP contribution < -0.4 is 5.56 Å². The molecule has 31 heavy (non-hydrogen) atoms. The van der Waals surface area contributed by atoms with Gasteiger partial charge in [0, 0.05) is 31.0 Å². The molecule has 2 amide bonds. The lowest BCUT2D eigenvalue weighted by Gasteiger charge is -2.29. The van der Waals surface area contributed by atoms with E-state index >= 15 is 0 Å². The van der Waals surface area contributed by atoms with Gasteiger partial charge in [0.25, 0.3) is 11.5 Å². The molecular weight excluding hydrogens is 416 g/mol. The van der Waals surface area contributed by atoms with E-state index in [9.17, 15) is 14.4 Å². The Morgan fingerprint density at radius 2 is 2.13 bits per heavy atom. The summed E-state index contributed by atoms with van der Waals surface area (Å²) in [5.74, 6) is 0.537. The van der Waals surface area contributed by atoms with Crippen LogP contribution in [0.3, 0.4) is 0 Å². The Morgan fingerprint density at radius 1 is 1.26 bits per heavy atom. The van der Waals surface area contributed by atoms with Crippen LogP contribution in [0.25, 0.3) is 0 Å². The second-order valence-corrected chi connectivity index (χ2v) is 9.80. The first kappa shape index (κ1) is 20.4. The van der Waals surface area contributed by atoms with Crippen molar-refractivity contribution >= 4 is 23.2 Å². The Bertz CT molecular complexity index is 1070. The second kappa shape index (κ2) is 8.20. The molecule has 164 valence electrons. The van der Waals surface area contributed by atoms with Crippen LogP contribution in [0.15, 0.2) is 16.9 Å². The predicted octanol–water partition coefficient (Wildman–Crippen LogP) is 2.04. The quantitative estimate of drug-likeness (QED) is 0.785. The number of nitrogens with zero attached hydrogens (tertiary/aromatic N) is 3. The highest BCUT2D eigenvalue weighted by Gasteiger charge is 2.37. The summed E-state index contributed by atoms with van der Waals surface area (Å²) in [6.45, 7) is 4.56. The molecule has 2 fully saturated rings. The molecule has 3 aliphatic heterocycles. The first-order valence-electron chi connectivity index (χ1n) is 10.9. The van der Waals surface area contributed by atoms with Gasteiger partial charge in [-0.25, -0.2) is 4.98 Å². The van der Waals surface area contributed by atoms with Crippen LogP contribution in [-0.2, 0) is 22.5 Å². The molecule has 5 rings (SSSR count). The summed E-state index contributed by atoms with van der Waals surface area (Å²) in [5.41, 5.74) is 1.09. The number of likely N-dealkylation sites (tertiary alicyclic amines) is 1. The summed E-state index contributed by atoms with van der Waals surface area (Å²) < 4.78 is 5.38. The van der Waals surface area contributed by atoms with Crippen LogP contribution in [0, 0.1) is 12.8 Å². The molecule has 0 aliphatic carbocycles. The van der Waals surface area contributed by atoms with E-state index in [1.165, 1.54) is 11.3 Å². The van der Waals surface area contributed by atoms with Gasteiger partial charge in [-0.05, 0) is 38.3 Å². The molecule has 0 aromatic carbocycles. The van der Waals surface area contributed by atoms with Crippen LogP contribution in [-0.4, -0.2) is 57.9 Å². The molecule has 0 spiro atoms. The van der Waals surface area contributed by atoms with E-state index in [4.69, 9.17) is 9.72 Å². The molecule has 2 aromatic rings. The lowest BCUT2D eigenvalue weighted by atomic mass is 10.0. The van der Waals surface area contributed by atoms with Crippen molar-refractivity contribution in [3.63, 3.8) is 0 Å². The summed E-state index contributed by atoms with van der Waals surface area (Å²) in [6.07, 6.45) is 2.99. The van der Waals surface area contributed by atoms with Gasteiger partial charge in [-0.3, -0.25) is 14.4 Å². The van der Waals surface area contributed by atoms with Crippen molar-refractivity contribution in [1.29, 1.82) is 0 Å². The third kappa shape index (κ3) is 3.80. The number of amides is 2. The number of carbonyl (C=O) groups excluding carboxylic acids is 2. The highest BCUT2D eigenvalue weighted by molar-refractivity contribution is 7.13. The highest BCUT2D eigenvalue weighted by Crippen LogP contribution is 2.33. The minimum absolute atomic E-state index is 0.0430. The van der Waals surface area contributed by atoms with Crippen LogP contribution in [0.2, 0.25) is 0 Å². The zero-order chi connectivity index (χ0) is 21.5. The number of rotatable bonds is 3. The molecular formula is C22H26N4O4S. The van der Waals surface area contributed by atoms with Gasteiger partial charge in [0.1, 0.15) is 5.82 Å². The van der Waals surface area contributed by atoms with Crippen molar-refractivity contribution in [3.05, 3.63) is 49.3 Å². The Labute approximate surface area is 184 Å². The first-order valence-corrected chi connectivity index (χ1v) is 11.7. The Morgan fingerprint density at radius 3 is 2.87 bits per heavy atom. The zero-order valence-electron chi connectivity index (χ0n) is 17.6. The molecule has 8 nitrogen and oxygen atoms in total. The van der Waals surface area contributed by atoms with Crippen molar-refractivity contribution < 1.29 is 14.3 Å². The third-order valence-corrected chi connectivity index (χ3v) is 7.44. The lowest BCUT2D eigenvalue weighted by Crippen LogP contribution is -2.41. The van der Waals surface area contributed by atoms with Crippen LogP contribution in [0.4, 0.5) is 0 Å². The summed E-state index contributed by atoms with van der Waals surface area (Å²) in [6, 6.07) is 3.58. The average Bonchev–Trinajstić information content (AvgIpc) is 3.54. The van der Waals surface area contributed by atoms with E-state index in [2.05, 4.69) is 4.98 Å². The normalized spacial score (nSPS) is 23.3. The van der Waals surface area contributed by atoms with E-state index < -0.39 is 0 Å². The van der Waals surface area contributed by atoms with Gasteiger partial charge in [0.2, 0.25) is 5.91 Å². The van der Waals surface area contributed by atoms with Crippen molar-refractivity contribution in [3.8, 4) is 0 Å².